The first-order valence-corrected chi connectivity index (χ1v) is 6.30. The summed E-state index contributed by atoms with van der Waals surface area (Å²) in [5.41, 5.74) is 0. The van der Waals surface area contributed by atoms with Crippen LogP contribution in [-0.4, -0.2) is 30.1 Å². The first-order valence-electron chi connectivity index (χ1n) is 6.30. The Balaban J connectivity index is 1.67. The molecule has 1 aliphatic carbocycles. The molecule has 2 aliphatic rings. The van der Waals surface area contributed by atoms with E-state index in [1.165, 1.54) is 31.5 Å². The van der Waals surface area contributed by atoms with Crippen LogP contribution in [0, 0.1) is 5.92 Å². The van der Waals surface area contributed by atoms with Gasteiger partial charge in [-0.1, -0.05) is 0 Å². The molecule has 1 aliphatic heterocycles. The lowest BCUT2D eigenvalue weighted by Gasteiger charge is -2.26. The second kappa shape index (κ2) is 5.50. The van der Waals surface area contributed by atoms with E-state index >= 15 is 0 Å². The molecule has 0 aromatic rings. The Labute approximate surface area is 92.0 Å². The predicted octanol–water partition coefficient (Wildman–Crippen LogP) is 1.71. The van der Waals surface area contributed by atoms with Gasteiger partial charge in [0.2, 0.25) is 0 Å². The van der Waals surface area contributed by atoms with E-state index in [-0.39, 0.29) is 6.10 Å². The van der Waals surface area contributed by atoms with Crippen molar-refractivity contribution in [3.05, 3.63) is 0 Å². The van der Waals surface area contributed by atoms with Gasteiger partial charge in [-0.05, 0) is 44.4 Å². The number of aliphatic imine (C=N–C) groups is 1. The van der Waals surface area contributed by atoms with E-state index in [1.807, 2.05) is 0 Å². The fourth-order valence-corrected chi connectivity index (χ4v) is 2.45. The summed E-state index contributed by atoms with van der Waals surface area (Å²) >= 11 is 0. The largest absolute Gasteiger partial charge is 0.393 e. The van der Waals surface area contributed by atoms with E-state index in [0.717, 1.165) is 38.3 Å². The smallest absolute Gasteiger partial charge is 0.0963 e. The minimum absolute atomic E-state index is 0.0340. The highest BCUT2D eigenvalue weighted by molar-refractivity contribution is 5.82. The SMILES string of the molecule is OC1CCC(CNC2=NCCCC2)CC1. The highest BCUT2D eigenvalue weighted by Crippen LogP contribution is 2.23. The number of nitrogens with zero attached hydrogens (tertiary/aromatic N) is 1. The monoisotopic (exact) mass is 210 g/mol. The molecule has 15 heavy (non-hydrogen) atoms. The van der Waals surface area contributed by atoms with Crippen LogP contribution in [0.2, 0.25) is 0 Å². The van der Waals surface area contributed by atoms with E-state index < -0.39 is 0 Å². The van der Waals surface area contributed by atoms with Gasteiger partial charge in [-0.2, -0.15) is 0 Å². The third kappa shape index (κ3) is 3.49. The number of nitrogens with one attached hydrogen (secondary N) is 1. The second-order valence-electron chi connectivity index (χ2n) is 4.84. The van der Waals surface area contributed by atoms with Crippen LogP contribution in [0.3, 0.4) is 0 Å². The zero-order valence-corrected chi connectivity index (χ0v) is 9.41. The molecule has 0 radical (unpaired) electrons. The molecule has 1 saturated carbocycles. The van der Waals surface area contributed by atoms with Crippen LogP contribution in [0.5, 0.6) is 0 Å². The first-order chi connectivity index (χ1) is 7.34. The van der Waals surface area contributed by atoms with Crippen LogP contribution in [-0.2, 0) is 0 Å². The van der Waals surface area contributed by atoms with Crippen molar-refractivity contribution in [3.63, 3.8) is 0 Å². The summed E-state index contributed by atoms with van der Waals surface area (Å²) in [6.45, 7) is 2.07. The Hall–Kier alpha value is -0.570. The molecule has 0 aromatic carbocycles. The molecular formula is C12H22N2O. The quantitative estimate of drug-likeness (QED) is 0.728. The molecule has 3 heteroatoms. The lowest BCUT2D eigenvalue weighted by molar-refractivity contribution is 0.109. The Kier molecular flexibility index (Phi) is 4.01. The zero-order valence-electron chi connectivity index (χ0n) is 9.41. The van der Waals surface area contributed by atoms with Gasteiger partial charge in [-0.25, -0.2) is 0 Å². The molecule has 0 saturated heterocycles. The van der Waals surface area contributed by atoms with Gasteiger partial charge in [0.15, 0.2) is 0 Å². The highest BCUT2D eigenvalue weighted by atomic mass is 16.3. The third-order valence-electron chi connectivity index (χ3n) is 3.54. The molecule has 0 unspecified atom stereocenters. The van der Waals surface area contributed by atoms with Crippen molar-refractivity contribution in [2.75, 3.05) is 13.1 Å². The van der Waals surface area contributed by atoms with Crippen LogP contribution in [0.15, 0.2) is 4.99 Å². The van der Waals surface area contributed by atoms with Gasteiger partial charge < -0.3 is 10.4 Å². The molecular weight excluding hydrogens is 188 g/mol. The van der Waals surface area contributed by atoms with Gasteiger partial charge >= 0.3 is 0 Å². The van der Waals surface area contributed by atoms with Crippen molar-refractivity contribution in [2.45, 2.75) is 51.0 Å². The standard InChI is InChI=1S/C12H22N2O/c15-11-6-4-10(5-7-11)9-14-12-3-1-2-8-13-12/h10-11,15H,1-9H2,(H,13,14). The normalized spacial score (nSPS) is 32.2. The van der Waals surface area contributed by atoms with Crippen LogP contribution >= 0.6 is 0 Å². The maximum Gasteiger partial charge on any atom is 0.0963 e. The number of hydrogen-bond acceptors (Lipinski definition) is 3. The molecule has 86 valence electrons. The van der Waals surface area contributed by atoms with Crippen LogP contribution < -0.4 is 5.32 Å². The van der Waals surface area contributed by atoms with Crippen molar-refractivity contribution >= 4 is 5.84 Å². The summed E-state index contributed by atoms with van der Waals surface area (Å²) in [6.07, 6.45) is 7.94. The van der Waals surface area contributed by atoms with Crippen LogP contribution in [0.25, 0.3) is 0 Å². The van der Waals surface area contributed by atoms with Crippen LogP contribution in [0.1, 0.15) is 44.9 Å². The van der Waals surface area contributed by atoms with Crippen molar-refractivity contribution < 1.29 is 5.11 Å². The molecule has 0 amide bonds. The summed E-state index contributed by atoms with van der Waals surface area (Å²) in [4.78, 5) is 4.48. The van der Waals surface area contributed by atoms with Crippen molar-refractivity contribution in [1.29, 1.82) is 0 Å². The van der Waals surface area contributed by atoms with E-state index in [0.29, 0.717) is 0 Å². The fourth-order valence-electron chi connectivity index (χ4n) is 2.45. The van der Waals surface area contributed by atoms with Gasteiger partial charge in [0, 0.05) is 19.5 Å². The topological polar surface area (TPSA) is 44.6 Å². The van der Waals surface area contributed by atoms with Crippen molar-refractivity contribution in [1.82, 2.24) is 5.32 Å². The number of rotatable bonds is 2. The molecule has 2 rings (SSSR count). The van der Waals surface area contributed by atoms with Gasteiger partial charge in [-0.3, -0.25) is 4.99 Å². The Morgan fingerprint density at radius 3 is 2.67 bits per heavy atom. The van der Waals surface area contributed by atoms with E-state index in [4.69, 9.17) is 0 Å². The Bertz CT molecular complexity index is 220. The van der Waals surface area contributed by atoms with Gasteiger partial charge in [0.1, 0.15) is 0 Å². The summed E-state index contributed by atoms with van der Waals surface area (Å²) in [7, 11) is 0. The summed E-state index contributed by atoms with van der Waals surface area (Å²) in [5.74, 6) is 1.96. The molecule has 0 atom stereocenters. The van der Waals surface area contributed by atoms with Crippen molar-refractivity contribution in [2.24, 2.45) is 10.9 Å². The summed E-state index contributed by atoms with van der Waals surface area (Å²) in [5, 5.41) is 12.9. The first kappa shape index (κ1) is 10.9. The molecule has 1 fully saturated rings. The molecule has 3 nitrogen and oxygen atoms in total. The maximum atomic E-state index is 9.40. The number of hydrogen-bond donors (Lipinski definition) is 2. The van der Waals surface area contributed by atoms with E-state index in [2.05, 4.69) is 10.3 Å². The average Bonchev–Trinajstić information content (AvgIpc) is 2.30. The predicted molar refractivity (Wildman–Crippen MR) is 62.1 cm³/mol. The number of aliphatic hydroxyl groups excluding tert-OH is 1. The molecule has 0 aromatic heterocycles. The molecule has 0 spiro atoms. The zero-order chi connectivity index (χ0) is 10.5. The molecule has 1 heterocycles. The van der Waals surface area contributed by atoms with Gasteiger partial charge in [0.05, 0.1) is 11.9 Å². The second-order valence-corrected chi connectivity index (χ2v) is 4.84. The number of aliphatic hydroxyl groups is 1. The lowest BCUT2D eigenvalue weighted by atomic mass is 9.87. The lowest BCUT2D eigenvalue weighted by Crippen LogP contribution is -2.33. The summed E-state index contributed by atoms with van der Waals surface area (Å²) < 4.78 is 0. The molecule has 0 bridgehead atoms. The Morgan fingerprint density at radius 1 is 1.20 bits per heavy atom. The minimum atomic E-state index is -0.0340. The summed E-state index contributed by atoms with van der Waals surface area (Å²) in [6, 6.07) is 0. The van der Waals surface area contributed by atoms with Crippen LogP contribution in [0.4, 0.5) is 0 Å². The fraction of sp³-hybridized carbons (Fsp3) is 0.917. The van der Waals surface area contributed by atoms with Crippen molar-refractivity contribution in [3.8, 4) is 0 Å². The van der Waals surface area contributed by atoms with Gasteiger partial charge in [-0.15, -0.1) is 0 Å². The molecule has 2 N–H and O–H groups in total. The highest BCUT2D eigenvalue weighted by Gasteiger charge is 2.19. The van der Waals surface area contributed by atoms with E-state index in [9.17, 15) is 5.11 Å². The Morgan fingerprint density at radius 2 is 2.00 bits per heavy atom. The average molecular weight is 210 g/mol. The van der Waals surface area contributed by atoms with E-state index in [1.54, 1.807) is 0 Å². The maximum absolute atomic E-state index is 9.40. The third-order valence-corrected chi connectivity index (χ3v) is 3.54. The van der Waals surface area contributed by atoms with Gasteiger partial charge in [0.25, 0.3) is 0 Å². The minimum Gasteiger partial charge on any atom is -0.393 e. The number of amidine groups is 1.